The lowest BCUT2D eigenvalue weighted by molar-refractivity contribution is 0.256. The van der Waals surface area contributed by atoms with Crippen molar-refractivity contribution < 1.29 is 9.90 Å². The van der Waals surface area contributed by atoms with Crippen LogP contribution < -0.4 is 10.6 Å². The van der Waals surface area contributed by atoms with Gasteiger partial charge in [-0.25, -0.2) is 4.79 Å². The number of primary amides is 1. The van der Waals surface area contributed by atoms with Crippen LogP contribution in [0.15, 0.2) is 66.7 Å². The normalized spacial score (nSPS) is 10.5. The summed E-state index contributed by atoms with van der Waals surface area (Å²) < 4.78 is 0. The number of fused-ring (bicyclic) bond motifs is 1. The van der Waals surface area contributed by atoms with Gasteiger partial charge in [-0.2, -0.15) is 0 Å². The maximum absolute atomic E-state index is 11.9. The van der Waals surface area contributed by atoms with Crippen molar-refractivity contribution >= 4 is 28.2 Å². The molecule has 0 aliphatic rings. The molecular weight excluding hydrogens is 264 g/mol. The molecule has 0 aliphatic carbocycles. The van der Waals surface area contributed by atoms with E-state index in [0.717, 1.165) is 10.8 Å². The van der Waals surface area contributed by atoms with E-state index in [0.29, 0.717) is 11.4 Å². The summed E-state index contributed by atoms with van der Waals surface area (Å²) in [4.78, 5) is 13.3. The summed E-state index contributed by atoms with van der Waals surface area (Å²) in [5.74, 6) is 0.0105. The van der Waals surface area contributed by atoms with Gasteiger partial charge in [0, 0.05) is 5.39 Å². The molecule has 3 rings (SSSR count). The van der Waals surface area contributed by atoms with E-state index in [1.54, 1.807) is 24.3 Å². The van der Waals surface area contributed by atoms with E-state index in [2.05, 4.69) is 0 Å². The van der Waals surface area contributed by atoms with Crippen molar-refractivity contribution in [3.05, 3.63) is 66.7 Å². The lowest BCUT2D eigenvalue weighted by Gasteiger charge is -2.23. The average molecular weight is 278 g/mol. The van der Waals surface area contributed by atoms with E-state index in [1.807, 2.05) is 42.5 Å². The number of hydrogen-bond donors (Lipinski definition) is 2. The van der Waals surface area contributed by atoms with Crippen LogP contribution in [0, 0.1) is 0 Å². The second-order valence-electron chi connectivity index (χ2n) is 4.66. The van der Waals surface area contributed by atoms with Crippen LogP contribution in [0.3, 0.4) is 0 Å². The largest absolute Gasteiger partial charge is 0.506 e. The third-order valence-corrected chi connectivity index (χ3v) is 3.34. The number of urea groups is 1. The second kappa shape index (κ2) is 5.17. The summed E-state index contributed by atoms with van der Waals surface area (Å²) in [6.07, 6.45) is 0. The zero-order chi connectivity index (χ0) is 14.8. The molecule has 4 nitrogen and oxygen atoms in total. The molecule has 0 saturated carbocycles. The molecule has 0 fully saturated rings. The van der Waals surface area contributed by atoms with Crippen LogP contribution in [0.25, 0.3) is 10.8 Å². The molecule has 3 aromatic rings. The zero-order valence-corrected chi connectivity index (χ0v) is 11.2. The molecule has 0 bridgehead atoms. The smallest absolute Gasteiger partial charge is 0.324 e. The van der Waals surface area contributed by atoms with Gasteiger partial charge in [-0.05, 0) is 23.6 Å². The molecule has 0 saturated heterocycles. The fourth-order valence-corrected chi connectivity index (χ4v) is 2.42. The van der Waals surface area contributed by atoms with Crippen LogP contribution >= 0.6 is 0 Å². The Labute approximate surface area is 122 Å². The Bertz CT molecular complexity index is 800. The van der Waals surface area contributed by atoms with E-state index in [9.17, 15) is 9.90 Å². The summed E-state index contributed by atoms with van der Waals surface area (Å²) in [6.45, 7) is 0. The summed E-state index contributed by atoms with van der Waals surface area (Å²) in [6, 6.07) is 19.3. The highest BCUT2D eigenvalue weighted by atomic mass is 16.3. The fraction of sp³-hybridized carbons (Fsp3) is 0. The number of rotatable bonds is 2. The number of phenolic OH excluding ortho intramolecular Hbond substituents is 1. The number of anilines is 2. The van der Waals surface area contributed by atoms with Gasteiger partial charge in [0.1, 0.15) is 11.4 Å². The van der Waals surface area contributed by atoms with E-state index < -0.39 is 6.03 Å². The van der Waals surface area contributed by atoms with Crippen molar-refractivity contribution in [2.75, 3.05) is 4.90 Å². The molecule has 0 heterocycles. The highest BCUT2D eigenvalue weighted by molar-refractivity contribution is 6.09. The summed E-state index contributed by atoms with van der Waals surface area (Å²) in [5.41, 5.74) is 6.54. The van der Waals surface area contributed by atoms with Gasteiger partial charge < -0.3 is 10.8 Å². The third kappa shape index (κ3) is 2.27. The van der Waals surface area contributed by atoms with Crippen molar-refractivity contribution in [1.29, 1.82) is 0 Å². The fourth-order valence-electron chi connectivity index (χ4n) is 2.42. The molecule has 0 radical (unpaired) electrons. The third-order valence-electron chi connectivity index (χ3n) is 3.34. The van der Waals surface area contributed by atoms with Crippen LogP contribution in [0.2, 0.25) is 0 Å². The first-order valence-electron chi connectivity index (χ1n) is 6.54. The SMILES string of the molecule is NC(=O)N(c1ccccc1)c1c(O)ccc2ccccc12. The average Bonchev–Trinajstić information content (AvgIpc) is 2.51. The Hall–Kier alpha value is -3.01. The van der Waals surface area contributed by atoms with Crippen molar-refractivity contribution in [2.24, 2.45) is 5.73 Å². The molecule has 21 heavy (non-hydrogen) atoms. The highest BCUT2D eigenvalue weighted by Gasteiger charge is 2.20. The monoisotopic (exact) mass is 278 g/mol. The van der Waals surface area contributed by atoms with Crippen molar-refractivity contribution in [1.82, 2.24) is 0 Å². The van der Waals surface area contributed by atoms with Gasteiger partial charge in [0.2, 0.25) is 0 Å². The lowest BCUT2D eigenvalue weighted by atomic mass is 10.1. The van der Waals surface area contributed by atoms with Crippen LogP contribution in [0.5, 0.6) is 5.75 Å². The Kier molecular flexibility index (Phi) is 3.20. The Morgan fingerprint density at radius 3 is 2.29 bits per heavy atom. The number of hydrogen-bond acceptors (Lipinski definition) is 2. The molecule has 0 atom stereocenters. The maximum Gasteiger partial charge on any atom is 0.324 e. The van der Waals surface area contributed by atoms with Crippen LogP contribution in [-0.2, 0) is 0 Å². The van der Waals surface area contributed by atoms with Crippen LogP contribution in [-0.4, -0.2) is 11.1 Å². The summed E-state index contributed by atoms with van der Waals surface area (Å²) >= 11 is 0. The van der Waals surface area contributed by atoms with Gasteiger partial charge in [-0.3, -0.25) is 4.90 Å². The minimum absolute atomic E-state index is 0.0105. The quantitative estimate of drug-likeness (QED) is 0.749. The number of nitrogens with zero attached hydrogens (tertiary/aromatic N) is 1. The number of benzene rings is 3. The first-order chi connectivity index (χ1) is 10.2. The summed E-state index contributed by atoms with van der Waals surface area (Å²) in [5, 5.41) is 11.9. The van der Waals surface area contributed by atoms with Crippen LogP contribution in [0.4, 0.5) is 16.2 Å². The number of carbonyl (C=O) groups is 1. The number of para-hydroxylation sites is 1. The molecular formula is C17H14N2O2. The number of phenols is 1. The molecule has 0 spiro atoms. The molecule has 3 N–H and O–H groups in total. The topological polar surface area (TPSA) is 66.6 Å². The second-order valence-corrected chi connectivity index (χ2v) is 4.66. The molecule has 2 amide bonds. The van der Waals surface area contributed by atoms with Gasteiger partial charge in [0.25, 0.3) is 0 Å². The number of carbonyl (C=O) groups excluding carboxylic acids is 1. The van der Waals surface area contributed by atoms with Crippen molar-refractivity contribution in [3.8, 4) is 5.75 Å². The van der Waals surface area contributed by atoms with Crippen molar-refractivity contribution in [2.45, 2.75) is 0 Å². The molecule has 0 unspecified atom stereocenters. The molecule has 3 aromatic carbocycles. The van der Waals surface area contributed by atoms with E-state index in [4.69, 9.17) is 5.73 Å². The molecule has 104 valence electrons. The van der Waals surface area contributed by atoms with Gasteiger partial charge >= 0.3 is 6.03 Å². The standard InChI is InChI=1S/C17H14N2O2/c18-17(21)19(13-7-2-1-3-8-13)16-14-9-5-4-6-12(14)10-11-15(16)20/h1-11,20H,(H2,18,21). The minimum atomic E-state index is -0.646. The van der Waals surface area contributed by atoms with E-state index in [1.165, 1.54) is 4.90 Å². The summed E-state index contributed by atoms with van der Waals surface area (Å²) in [7, 11) is 0. The van der Waals surface area contributed by atoms with Crippen molar-refractivity contribution in [3.63, 3.8) is 0 Å². The number of nitrogens with two attached hydrogens (primary N) is 1. The maximum atomic E-state index is 11.9. The molecule has 0 aliphatic heterocycles. The van der Waals surface area contributed by atoms with Gasteiger partial charge in [0.05, 0.1) is 5.69 Å². The van der Waals surface area contributed by atoms with Gasteiger partial charge in [-0.15, -0.1) is 0 Å². The minimum Gasteiger partial charge on any atom is -0.506 e. The predicted octanol–water partition coefficient (Wildman–Crippen LogP) is 3.76. The molecule has 0 aromatic heterocycles. The predicted molar refractivity (Wildman–Crippen MR) is 83.8 cm³/mol. The zero-order valence-electron chi connectivity index (χ0n) is 11.2. The Morgan fingerprint density at radius 2 is 1.57 bits per heavy atom. The number of amides is 2. The first-order valence-corrected chi connectivity index (χ1v) is 6.54. The van der Waals surface area contributed by atoms with E-state index in [-0.39, 0.29) is 5.75 Å². The van der Waals surface area contributed by atoms with Gasteiger partial charge in [0.15, 0.2) is 0 Å². The van der Waals surface area contributed by atoms with Crippen LogP contribution in [0.1, 0.15) is 0 Å². The first kappa shape index (κ1) is 13.0. The Morgan fingerprint density at radius 1 is 0.905 bits per heavy atom. The van der Waals surface area contributed by atoms with E-state index >= 15 is 0 Å². The molecule has 4 heteroatoms. The highest BCUT2D eigenvalue weighted by Crippen LogP contribution is 2.39. The lowest BCUT2D eigenvalue weighted by Crippen LogP contribution is -2.31. The number of aromatic hydroxyl groups is 1. The van der Waals surface area contributed by atoms with Gasteiger partial charge in [-0.1, -0.05) is 48.5 Å². The Balaban J connectivity index is 2.30.